The summed E-state index contributed by atoms with van der Waals surface area (Å²) in [7, 11) is -2.15. The molecule has 2 rings (SSSR count). The van der Waals surface area contributed by atoms with Gasteiger partial charge in [-0.15, -0.1) is 0 Å². The first-order chi connectivity index (χ1) is 10.9. The second-order valence-electron chi connectivity index (χ2n) is 4.76. The van der Waals surface area contributed by atoms with E-state index in [0.29, 0.717) is 23.5 Å². The van der Waals surface area contributed by atoms with Gasteiger partial charge >= 0.3 is 0 Å². The summed E-state index contributed by atoms with van der Waals surface area (Å²) in [5, 5.41) is 2.66. The molecule has 7 heteroatoms. The summed E-state index contributed by atoms with van der Waals surface area (Å²) in [5.41, 5.74) is 0.995. The van der Waals surface area contributed by atoms with Crippen LogP contribution in [0.3, 0.4) is 0 Å². The molecule has 0 aliphatic carbocycles. The Morgan fingerprint density at radius 3 is 2.09 bits per heavy atom. The first-order valence-corrected chi connectivity index (χ1v) is 8.49. The van der Waals surface area contributed by atoms with E-state index in [0.717, 1.165) is 0 Å². The lowest BCUT2D eigenvalue weighted by Gasteiger charge is -2.10. The highest BCUT2D eigenvalue weighted by Gasteiger charge is 2.14. The van der Waals surface area contributed by atoms with Gasteiger partial charge in [0.2, 0.25) is 5.91 Å². The van der Waals surface area contributed by atoms with Gasteiger partial charge in [0.1, 0.15) is 5.75 Å². The lowest BCUT2D eigenvalue weighted by molar-refractivity contribution is -0.115. The number of anilines is 2. The molecule has 0 spiro atoms. The molecule has 0 aromatic heterocycles. The molecule has 0 radical (unpaired) electrons. The number of carbonyl (C=O) groups excluding carboxylic acids is 1. The predicted molar refractivity (Wildman–Crippen MR) is 89.2 cm³/mol. The van der Waals surface area contributed by atoms with Gasteiger partial charge in [0.25, 0.3) is 10.0 Å². The molecule has 0 heterocycles. The number of rotatable bonds is 6. The van der Waals surface area contributed by atoms with E-state index in [1.807, 2.05) is 0 Å². The molecule has 0 fully saturated rings. The lowest BCUT2D eigenvalue weighted by atomic mass is 10.3. The molecular formula is C16H18N2O4S. The summed E-state index contributed by atoms with van der Waals surface area (Å²) in [6.45, 7) is 1.74. The van der Waals surface area contributed by atoms with Gasteiger partial charge < -0.3 is 10.1 Å². The number of sulfonamides is 1. The quantitative estimate of drug-likeness (QED) is 0.851. The van der Waals surface area contributed by atoms with E-state index in [1.54, 1.807) is 43.3 Å². The van der Waals surface area contributed by atoms with Crippen LogP contribution in [-0.2, 0) is 14.8 Å². The van der Waals surface area contributed by atoms with Crippen molar-refractivity contribution >= 4 is 27.3 Å². The third-order valence-electron chi connectivity index (χ3n) is 3.11. The van der Waals surface area contributed by atoms with Gasteiger partial charge in [0.05, 0.1) is 12.0 Å². The summed E-state index contributed by atoms with van der Waals surface area (Å²) in [5.74, 6) is 0.515. The highest BCUT2D eigenvalue weighted by Crippen LogP contribution is 2.20. The number of carbonyl (C=O) groups is 1. The summed E-state index contributed by atoms with van der Waals surface area (Å²) in [6.07, 6.45) is 0.360. The van der Waals surface area contributed by atoms with Crippen LogP contribution in [0.5, 0.6) is 5.75 Å². The Balaban J connectivity index is 2.13. The Morgan fingerprint density at radius 2 is 1.57 bits per heavy atom. The summed E-state index contributed by atoms with van der Waals surface area (Å²) < 4.78 is 32.1. The van der Waals surface area contributed by atoms with Gasteiger partial charge in [-0.3, -0.25) is 9.52 Å². The van der Waals surface area contributed by atoms with Crippen molar-refractivity contribution < 1.29 is 17.9 Å². The molecule has 0 saturated heterocycles. The average Bonchev–Trinajstić information content (AvgIpc) is 2.55. The average molecular weight is 334 g/mol. The molecule has 0 saturated carbocycles. The minimum Gasteiger partial charge on any atom is -0.497 e. The largest absolute Gasteiger partial charge is 0.497 e. The van der Waals surface area contributed by atoms with E-state index in [-0.39, 0.29) is 10.8 Å². The monoisotopic (exact) mass is 334 g/mol. The van der Waals surface area contributed by atoms with Crippen LogP contribution < -0.4 is 14.8 Å². The number of hydrogen-bond donors (Lipinski definition) is 2. The van der Waals surface area contributed by atoms with Crippen molar-refractivity contribution in [1.82, 2.24) is 0 Å². The second-order valence-corrected chi connectivity index (χ2v) is 6.44. The smallest absolute Gasteiger partial charge is 0.261 e. The Hall–Kier alpha value is -2.54. The number of ether oxygens (including phenoxy) is 1. The van der Waals surface area contributed by atoms with Crippen LogP contribution in [-0.4, -0.2) is 21.4 Å². The molecule has 0 aliphatic rings. The number of benzene rings is 2. The molecule has 1 amide bonds. The van der Waals surface area contributed by atoms with Crippen molar-refractivity contribution in [3.8, 4) is 5.75 Å². The zero-order valence-corrected chi connectivity index (χ0v) is 13.7. The van der Waals surface area contributed by atoms with Crippen LogP contribution in [0.1, 0.15) is 13.3 Å². The number of methoxy groups -OCH3 is 1. The molecule has 122 valence electrons. The molecule has 2 N–H and O–H groups in total. The molecule has 0 unspecified atom stereocenters. The summed E-state index contributed by atoms with van der Waals surface area (Å²) >= 11 is 0. The first-order valence-electron chi connectivity index (χ1n) is 7.01. The van der Waals surface area contributed by atoms with Gasteiger partial charge in [-0.2, -0.15) is 0 Å². The molecular weight excluding hydrogens is 316 g/mol. The third kappa shape index (κ3) is 4.46. The Morgan fingerprint density at radius 1 is 1.00 bits per heavy atom. The molecule has 2 aromatic rings. The van der Waals surface area contributed by atoms with Crippen molar-refractivity contribution in [2.45, 2.75) is 18.2 Å². The van der Waals surface area contributed by atoms with Crippen LogP contribution in [0.15, 0.2) is 53.4 Å². The SMILES string of the molecule is CCC(=O)Nc1ccc(S(=O)(=O)Nc2ccc(OC)cc2)cc1. The molecule has 6 nitrogen and oxygen atoms in total. The summed E-state index contributed by atoms with van der Waals surface area (Å²) in [6, 6.07) is 12.6. The van der Waals surface area contributed by atoms with E-state index in [2.05, 4.69) is 10.0 Å². The molecule has 0 bridgehead atoms. The lowest BCUT2D eigenvalue weighted by Crippen LogP contribution is -2.13. The van der Waals surface area contributed by atoms with Crippen LogP contribution in [0.25, 0.3) is 0 Å². The van der Waals surface area contributed by atoms with E-state index in [4.69, 9.17) is 4.74 Å². The van der Waals surface area contributed by atoms with Gasteiger partial charge in [-0.1, -0.05) is 6.92 Å². The first kappa shape index (κ1) is 16.8. The highest BCUT2D eigenvalue weighted by molar-refractivity contribution is 7.92. The number of hydrogen-bond acceptors (Lipinski definition) is 4. The zero-order chi connectivity index (χ0) is 16.9. The predicted octanol–water partition coefficient (Wildman–Crippen LogP) is 2.84. The van der Waals surface area contributed by atoms with Gasteiger partial charge in [-0.05, 0) is 48.5 Å². The zero-order valence-electron chi connectivity index (χ0n) is 12.9. The maximum Gasteiger partial charge on any atom is 0.261 e. The van der Waals surface area contributed by atoms with E-state index in [1.165, 1.54) is 19.2 Å². The van der Waals surface area contributed by atoms with E-state index >= 15 is 0 Å². The van der Waals surface area contributed by atoms with Crippen LogP contribution in [0, 0.1) is 0 Å². The fourth-order valence-corrected chi connectivity index (χ4v) is 2.90. The van der Waals surface area contributed by atoms with Crippen LogP contribution in [0.2, 0.25) is 0 Å². The Kier molecular flexibility index (Phi) is 5.23. The topological polar surface area (TPSA) is 84.5 Å². The molecule has 0 aliphatic heterocycles. The second kappa shape index (κ2) is 7.15. The fraction of sp³-hybridized carbons (Fsp3) is 0.188. The Labute approximate surface area is 135 Å². The van der Waals surface area contributed by atoms with Crippen molar-refractivity contribution in [2.24, 2.45) is 0 Å². The normalized spacial score (nSPS) is 10.9. The van der Waals surface area contributed by atoms with Crippen LogP contribution in [0.4, 0.5) is 11.4 Å². The Bertz CT molecular complexity index is 769. The standard InChI is InChI=1S/C16H18N2O4S/c1-3-16(19)17-12-6-10-15(11-7-12)23(20,21)18-13-4-8-14(22-2)9-5-13/h4-11,18H,3H2,1-2H3,(H,17,19). The van der Waals surface area contributed by atoms with E-state index < -0.39 is 10.0 Å². The van der Waals surface area contributed by atoms with Crippen molar-refractivity contribution in [3.05, 3.63) is 48.5 Å². The fourth-order valence-electron chi connectivity index (χ4n) is 1.84. The van der Waals surface area contributed by atoms with E-state index in [9.17, 15) is 13.2 Å². The molecule has 23 heavy (non-hydrogen) atoms. The van der Waals surface area contributed by atoms with Crippen molar-refractivity contribution in [3.63, 3.8) is 0 Å². The maximum atomic E-state index is 12.3. The summed E-state index contributed by atoms with van der Waals surface area (Å²) in [4.78, 5) is 11.4. The third-order valence-corrected chi connectivity index (χ3v) is 4.51. The van der Waals surface area contributed by atoms with Crippen LogP contribution >= 0.6 is 0 Å². The maximum absolute atomic E-state index is 12.3. The number of amides is 1. The van der Waals surface area contributed by atoms with Crippen molar-refractivity contribution in [2.75, 3.05) is 17.1 Å². The molecule has 2 aromatic carbocycles. The highest BCUT2D eigenvalue weighted by atomic mass is 32.2. The van der Waals surface area contributed by atoms with Crippen molar-refractivity contribution in [1.29, 1.82) is 0 Å². The van der Waals surface area contributed by atoms with Gasteiger partial charge in [0, 0.05) is 17.8 Å². The van der Waals surface area contributed by atoms with Gasteiger partial charge in [0.15, 0.2) is 0 Å². The minimum atomic E-state index is -3.69. The number of nitrogens with one attached hydrogen (secondary N) is 2. The minimum absolute atomic E-state index is 0.114. The van der Waals surface area contributed by atoms with Gasteiger partial charge in [-0.25, -0.2) is 8.42 Å². The molecule has 0 atom stereocenters.